The molecule has 2 heterocycles. The quantitative estimate of drug-likeness (QED) is 0.118. The van der Waals surface area contributed by atoms with E-state index in [-0.39, 0.29) is 5.41 Å². The molecule has 4 nitrogen and oxygen atoms in total. The molecule has 1 atom stereocenters. The molecule has 4 aromatic carbocycles. The van der Waals surface area contributed by atoms with Crippen LogP contribution in [0.1, 0.15) is 50.3 Å². The molecule has 2 aliphatic heterocycles. The molecule has 0 radical (unpaired) electrons. The van der Waals surface area contributed by atoms with Crippen molar-refractivity contribution in [1.29, 1.82) is 0 Å². The van der Waals surface area contributed by atoms with Gasteiger partial charge in [0.05, 0.1) is 17.6 Å². The third-order valence-electron chi connectivity index (χ3n) is 8.79. The van der Waals surface area contributed by atoms with Crippen molar-refractivity contribution in [2.75, 3.05) is 29.6 Å². The second kappa shape index (κ2) is 12.1. The Bertz CT molecular complexity index is 1680. The first kappa shape index (κ1) is 29.9. The molecule has 2 aliphatic rings. The van der Waals surface area contributed by atoms with E-state index in [1.807, 2.05) is 6.07 Å². The molecule has 0 saturated heterocycles. The van der Waals surface area contributed by atoms with E-state index in [4.69, 9.17) is 21.7 Å². The fourth-order valence-corrected chi connectivity index (χ4v) is 8.43. The van der Waals surface area contributed by atoms with Gasteiger partial charge in [0.1, 0.15) is 20.8 Å². The first-order chi connectivity index (χ1) is 20.7. The molecule has 1 unspecified atom stereocenters. The molecule has 7 heteroatoms. The molecule has 0 amide bonds. The van der Waals surface area contributed by atoms with Gasteiger partial charge >= 0.3 is 0 Å². The zero-order valence-electron chi connectivity index (χ0n) is 25.2. The lowest BCUT2D eigenvalue weighted by Crippen LogP contribution is -2.64. The standard InChI is InChI=1S/C36H38N2O2S3/c1-6-7-20-42-34(41)43-22-25-12-14-26(15-13-25)24(2)39-28-18-16-27-17-19-32-33(29(27)21-28)37-23-36(40-32)35(3,4)30-10-8-9-11-31(30)38(36)5/h8-19,21,37H,2,6-7,20,22-23H2,1,3-5H3. The van der Waals surface area contributed by atoms with Gasteiger partial charge in [-0.1, -0.05) is 86.7 Å². The molecule has 43 heavy (non-hydrogen) atoms. The molecule has 0 aliphatic carbocycles. The fourth-order valence-electron chi connectivity index (χ4n) is 6.16. The van der Waals surface area contributed by atoms with Crippen LogP contribution in [0.4, 0.5) is 11.4 Å². The molecule has 222 valence electrons. The van der Waals surface area contributed by atoms with Crippen LogP contribution in [0.5, 0.6) is 11.5 Å². The van der Waals surface area contributed by atoms with Crippen molar-refractivity contribution in [2.24, 2.45) is 0 Å². The largest absolute Gasteiger partial charge is 0.463 e. The van der Waals surface area contributed by atoms with Gasteiger partial charge in [0.2, 0.25) is 5.72 Å². The minimum atomic E-state index is -0.538. The maximum absolute atomic E-state index is 6.95. The van der Waals surface area contributed by atoms with Gasteiger partial charge in [0, 0.05) is 29.4 Å². The predicted octanol–water partition coefficient (Wildman–Crippen LogP) is 9.87. The van der Waals surface area contributed by atoms with Gasteiger partial charge in [0.25, 0.3) is 0 Å². The van der Waals surface area contributed by atoms with Gasteiger partial charge in [-0.3, -0.25) is 0 Å². The van der Waals surface area contributed by atoms with Crippen LogP contribution in [0.3, 0.4) is 0 Å². The highest BCUT2D eigenvalue weighted by Crippen LogP contribution is 2.54. The predicted molar refractivity (Wildman–Crippen MR) is 191 cm³/mol. The van der Waals surface area contributed by atoms with Crippen LogP contribution in [0.15, 0.2) is 85.4 Å². The SMILES string of the molecule is C=C(Oc1ccc2ccc3c(c2c1)NCC1(O3)N(C)c2ccccc2C1(C)C)c1ccc(CSC(=S)SCCCC)cc1. The lowest BCUT2D eigenvalue weighted by molar-refractivity contribution is 0.0201. The number of ether oxygens (including phenoxy) is 2. The third-order valence-corrected chi connectivity index (χ3v) is 11.6. The molecule has 1 N–H and O–H groups in total. The van der Waals surface area contributed by atoms with E-state index in [2.05, 4.69) is 117 Å². The van der Waals surface area contributed by atoms with Gasteiger partial charge in [0.15, 0.2) is 0 Å². The molecule has 1 spiro atoms. The van der Waals surface area contributed by atoms with Gasteiger partial charge in [-0.25, -0.2) is 0 Å². The maximum atomic E-state index is 6.95. The Morgan fingerprint density at radius 2 is 1.81 bits per heavy atom. The van der Waals surface area contributed by atoms with Gasteiger partial charge in [-0.05, 0) is 66.8 Å². The van der Waals surface area contributed by atoms with Crippen LogP contribution < -0.4 is 19.7 Å². The molecule has 0 bridgehead atoms. The highest BCUT2D eigenvalue weighted by molar-refractivity contribution is 8.46. The number of benzene rings is 4. The van der Waals surface area contributed by atoms with E-state index < -0.39 is 5.72 Å². The molecule has 6 rings (SSSR count). The number of nitrogens with one attached hydrogen (secondary N) is 1. The average Bonchev–Trinajstić information content (AvgIpc) is 3.18. The average molecular weight is 627 g/mol. The summed E-state index contributed by atoms with van der Waals surface area (Å²) in [5.41, 5.74) is 4.95. The second-order valence-electron chi connectivity index (χ2n) is 11.7. The van der Waals surface area contributed by atoms with Crippen LogP contribution in [0.25, 0.3) is 16.5 Å². The van der Waals surface area contributed by atoms with E-state index >= 15 is 0 Å². The number of thiocarbonyl (C=S) groups is 1. The number of hydrogen-bond acceptors (Lipinski definition) is 7. The van der Waals surface area contributed by atoms with Crippen LogP contribution in [0.2, 0.25) is 0 Å². The van der Waals surface area contributed by atoms with Crippen LogP contribution in [0, 0.1) is 0 Å². The molecule has 4 aromatic rings. The van der Waals surface area contributed by atoms with E-state index in [1.165, 1.54) is 29.7 Å². The monoisotopic (exact) mass is 626 g/mol. The van der Waals surface area contributed by atoms with E-state index in [1.54, 1.807) is 23.5 Å². The summed E-state index contributed by atoms with van der Waals surface area (Å²) in [4.78, 5) is 2.29. The maximum Gasteiger partial charge on any atom is 0.209 e. The zero-order chi connectivity index (χ0) is 30.2. The summed E-state index contributed by atoms with van der Waals surface area (Å²) in [6.07, 6.45) is 2.41. The fraction of sp³-hybridized carbons (Fsp3) is 0.306. The summed E-state index contributed by atoms with van der Waals surface area (Å²) >= 11 is 9.03. The highest BCUT2D eigenvalue weighted by atomic mass is 32.2. The van der Waals surface area contributed by atoms with Crippen molar-refractivity contribution in [1.82, 2.24) is 0 Å². The minimum absolute atomic E-state index is 0.214. The normalized spacial score (nSPS) is 18.1. The third kappa shape index (κ3) is 5.52. The van der Waals surface area contributed by atoms with Crippen molar-refractivity contribution in [3.8, 4) is 11.5 Å². The van der Waals surface area contributed by atoms with Gasteiger partial charge in [-0.15, -0.1) is 23.5 Å². The number of thioether (sulfide) groups is 2. The summed E-state index contributed by atoms with van der Waals surface area (Å²) in [5, 5.41) is 5.94. The molecule has 0 fully saturated rings. The lowest BCUT2D eigenvalue weighted by atomic mass is 9.77. The zero-order valence-corrected chi connectivity index (χ0v) is 27.7. The van der Waals surface area contributed by atoms with Crippen molar-refractivity contribution >= 4 is 67.2 Å². The Hall–Kier alpha value is -3.13. The number of anilines is 2. The van der Waals surface area contributed by atoms with Gasteiger partial charge in [-0.2, -0.15) is 0 Å². The molecular weight excluding hydrogens is 589 g/mol. The Labute approximate surface area is 269 Å². The van der Waals surface area contributed by atoms with Crippen LogP contribution >= 0.6 is 35.7 Å². The number of nitrogens with zero attached hydrogens (tertiary/aromatic N) is 1. The Balaban J connectivity index is 1.17. The Kier molecular flexibility index (Phi) is 8.42. The Morgan fingerprint density at radius 1 is 1.05 bits per heavy atom. The Morgan fingerprint density at radius 3 is 2.58 bits per heavy atom. The lowest BCUT2D eigenvalue weighted by Gasteiger charge is -2.49. The number of unbranched alkanes of at least 4 members (excludes halogenated alkanes) is 1. The van der Waals surface area contributed by atoms with E-state index in [0.29, 0.717) is 12.3 Å². The van der Waals surface area contributed by atoms with Crippen molar-refractivity contribution in [3.63, 3.8) is 0 Å². The topological polar surface area (TPSA) is 33.7 Å². The summed E-state index contributed by atoms with van der Waals surface area (Å²) in [7, 11) is 2.13. The molecular formula is C36H38N2O2S3. The van der Waals surface area contributed by atoms with Crippen molar-refractivity contribution < 1.29 is 9.47 Å². The molecule has 0 aromatic heterocycles. The van der Waals surface area contributed by atoms with E-state index in [9.17, 15) is 0 Å². The van der Waals surface area contributed by atoms with E-state index in [0.717, 1.165) is 48.6 Å². The number of fused-ring (bicyclic) bond motifs is 4. The number of para-hydroxylation sites is 1. The van der Waals surface area contributed by atoms with Crippen molar-refractivity contribution in [3.05, 3.63) is 102 Å². The number of likely N-dealkylation sites (N-methyl/N-ethyl adjacent to an activating group) is 1. The van der Waals surface area contributed by atoms with Crippen LogP contribution in [-0.4, -0.2) is 28.6 Å². The summed E-state index contributed by atoms with van der Waals surface area (Å²) < 4.78 is 14.2. The summed E-state index contributed by atoms with van der Waals surface area (Å²) in [5.74, 6) is 4.18. The smallest absolute Gasteiger partial charge is 0.209 e. The number of hydrogen-bond donors (Lipinski definition) is 1. The first-order valence-electron chi connectivity index (χ1n) is 14.8. The van der Waals surface area contributed by atoms with Crippen molar-refractivity contribution in [2.45, 2.75) is 50.5 Å². The second-order valence-corrected chi connectivity index (χ2v) is 15.0. The summed E-state index contributed by atoms with van der Waals surface area (Å²) in [6.45, 7) is 11.6. The summed E-state index contributed by atoms with van der Waals surface area (Å²) in [6, 6.07) is 27.4. The highest BCUT2D eigenvalue weighted by Gasteiger charge is 2.59. The van der Waals surface area contributed by atoms with Gasteiger partial charge < -0.3 is 19.7 Å². The van der Waals surface area contributed by atoms with Crippen LogP contribution in [-0.2, 0) is 11.2 Å². The minimum Gasteiger partial charge on any atom is -0.463 e. The molecule has 0 saturated carbocycles. The first-order valence-corrected chi connectivity index (χ1v) is 17.2. The number of rotatable bonds is 8.